The second-order valence-electron chi connectivity index (χ2n) is 9.13. The fraction of sp³-hybridized carbons (Fsp3) is 0.333. The fourth-order valence-electron chi connectivity index (χ4n) is 3.75. The molecule has 0 spiro atoms. The predicted octanol–water partition coefficient (Wildman–Crippen LogP) is 5.32. The highest BCUT2D eigenvalue weighted by Gasteiger charge is 2.48. The number of hydrogen-bond donors (Lipinski definition) is 0. The highest BCUT2D eigenvalue weighted by molar-refractivity contribution is 6.31. The molecule has 4 rings (SSSR count). The van der Waals surface area contributed by atoms with Gasteiger partial charge in [-0.1, -0.05) is 23.2 Å². The molecule has 0 atom stereocenters. The first kappa shape index (κ1) is 22.5. The van der Waals surface area contributed by atoms with E-state index in [2.05, 4.69) is 0 Å². The van der Waals surface area contributed by atoms with E-state index in [1.165, 1.54) is 9.80 Å². The Morgan fingerprint density at radius 2 is 1.00 bits per heavy atom. The van der Waals surface area contributed by atoms with Crippen LogP contribution in [0.3, 0.4) is 0 Å². The highest BCUT2D eigenvalue weighted by atomic mass is 35.5. The number of amides is 2. The Hall–Kier alpha value is -2.70. The van der Waals surface area contributed by atoms with Gasteiger partial charge in [0.05, 0.1) is 13.1 Å². The van der Waals surface area contributed by atoms with Crippen LogP contribution in [0.25, 0.3) is 0 Å². The molecule has 2 aromatic carbocycles. The Morgan fingerprint density at radius 1 is 0.688 bits per heavy atom. The van der Waals surface area contributed by atoms with Gasteiger partial charge in [-0.05, 0) is 76.2 Å². The Morgan fingerprint density at radius 3 is 1.31 bits per heavy atom. The van der Waals surface area contributed by atoms with Crippen molar-refractivity contribution in [2.75, 3.05) is 13.1 Å². The molecule has 0 bridgehead atoms. The second kappa shape index (κ2) is 8.01. The molecule has 0 radical (unpaired) electrons. The van der Waals surface area contributed by atoms with Crippen LogP contribution in [-0.4, -0.2) is 45.9 Å². The molecule has 2 aliphatic heterocycles. The van der Waals surface area contributed by atoms with Crippen molar-refractivity contribution in [3.8, 4) is 0 Å². The molecular weight excluding hydrogens is 451 g/mol. The summed E-state index contributed by atoms with van der Waals surface area (Å²) in [5, 5.41) is 1.08. The van der Waals surface area contributed by atoms with Crippen LogP contribution in [-0.2, 0) is 9.47 Å². The summed E-state index contributed by atoms with van der Waals surface area (Å²) in [7, 11) is 0. The van der Waals surface area contributed by atoms with Crippen LogP contribution < -0.4 is 0 Å². The molecule has 168 valence electrons. The smallest absolute Gasteiger partial charge is 0.260 e. The van der Waals surface area contributed by atoms with Gasteiger partial charge in [0.15, 0.2) is 0 Å². The van der Waals surface area contributed by atoms with E-state index >= 15 is 0 Å². The lowest BCUT2D eigenvalue weighted by atomic mass is 10.1. The number of carbonyl (C=O) groups excluding carboxylic acids is 2. The van der Waals surface area contributed by atoms with Gasteiger partial charge in [-0.2, -0.15) is 0 Å². The number of nitrogens with zero attached hydrogens (tertiary/aromatic N) is 2. The van der Waals surface area contributed by atoms with Gasteiger partial charge in [-0.25, -0.2) is 0 Å². The summed E-state index contributed by atoms with van der Waals surface area (Å²) in [4.78, 5) is 29.7. The average molecular weight is 475 g/mol. The van der Waals surface area contributed by atoms with Crippen LogP contribution >= 0.6 is 23.2 Å². The minimum atomic E-state index is -0.657. The van der Waals surface area contributed by atoms with Gasteiger partial charge < -0.3 is 9.47 Å². The molecule has 0 saturated carbocycles. The van der Waals surface area contributed by atoms with Gasteiger partial charge in [0.1, 0.15) is 11.2 Å². The molecule has 6 nitrogen and oxygen atoms in total. The lowest BCUT2D eigenvalue weighted by molar-refractivity contribution is 0.0361. The summed E-state index contributed by atoms with van der Waals surface area (Å²) in [6.45, 7) is 8.14. The summed E-state index contributed by atoms with van der Waals surface area (Å²) in [6.07, 6.45) is 0. The average Bonchev–Trinajstić information content (AvgIpc) is 3.23. The Labute approximate surface area is 197 Å². The van der Waals surface area contributed by atoms with E-state index in [1.807, 2.05) is 27.7 Å². The largest absolute Gasteiger partial charge is 0.467 e. The number of rotatable bonds is 2. The zero-order valence-corrected chi connectivity index (χ0v) is 19.8. The van der Waals surface area contributed by atoms with Gasteiger partial charge in [-0.3, -0.25) is 19.4 Å². The monoisotopic (exact) mass is 474 g/mol. The van der Waals surface area contributed by atoms with E-state index in [0.717, 1.165) is 0 Å². The third-order valence-corrected chi connectivity index (χ3v) is 5.67. The van der Waals surface area contributed by atoms with Crippen LogP contribution in [0.15, 0.2) is 60.3 Å². The van der Waals surface area contributed by atoms with Crippen LogP contribution in [0, 0.1) is 0 Å². The number of hydrogen-bond acceptors (Lipinski definition) is 4. The van der Waals surface area contributed by atoms with Crippen LogP contribution in [0.4, 0.5) is 0 Å². The molecule has 0 unspecified atom stereocenters. The van der Waals surface area contributed by atoms with Crippen LogP contribution in [0.2, 0.25) is 10.0 Å². The fourth-order valence-corrected chi connectivity index (χ4v) is 4.00. The normalized spacial score (nSPS) is 21.3. The molecule has 2 aliphatic rings. The first-order chi connectivity index (χ1) is 15.0. The van der Waals surface area contributed by atoms with E-state index in [4.69, 9.17) is 32.7 Å². The SMILES string of the molecule is CC1(C)CN(C(=O)c2ccc(Cl)cc2)/C(=C2\OC(C)(C)CN2C(=O)c2ccc(Cl)cc2)O1. The van der Waals surface area contributed by atoms with Gasteiger partial charge in [0.2, 0.25) is 0 Å². The number of carbonyl (C=O) groups is 2. The van der Waals surface area contributed by atoms with Gasteiger partial charge in [0.25, 0.3) is 23.6 Å². The standard InChI is InChI=1S/C24H24Cl2N2O4/c1-23(2)13-27(19(29)15-5-9-17(25)10-6-15)21(31-23)22-28(14-24(3,4)32-22)20(30)16-7-11-18(26)12-8-16/h5-12H,13-14H2,1-4H3/b22-21+. The van der Waals surface area contributed by atoms with E-state index in [9.17, 15) is 9.59 Å². The van der Waals surface area contributed by atoms with Crippen molar-refractivity contribution >= 4 is 35.0 Å². The molecule has 2 saturated heterocycles. The van der Waals surface area contributed by atoms with E-state index in [-0.39, 0.29) is 23.6 Å². The predicted molar refractivity (Wildman–Crippen MR) is 122 cm³/mol. The molecule has 0 N–H and O–H groups in total. The molecular formula is C24H24Cl2N2O4. The summed E-state index contributed by atoms with van der Waals surface area (Å²) in [5.74, 6) is -0.0745. The quantitative estimate of drug-likeness (QED) is 0.590. The molecule has 32 heavy (non-hydrogen) atoms. The number of halogens is 2. The Bertz CT molecular complexity index is 1000. The third-order valence-electron chi connectivity index (χ3n) is 5.17. The van der Waals surface area contributed by atoms with Crippen molar-refractivity contribution in [2.24, 2.45) is 0 Å². The maximum absolute atomic E-state index is 13.4. The Balaban J connectivity index is 1.76. The zero-order chi connectivity index (χ0) is 23.3. The lowest BCUT2D eigenvalue weighted by Gasteiger charge is -2.21. The van der Waals surface area contributed by atoms with Gasteiger partial charge >= 0.3 is 0 Å². The highest BCUT2D eigenvalue weighted by Crippen LogP contribution is 2.38. The van der Waals surface area contributed by atoms with Gasteiger partial charge in [-0.15, -0.1) is 0 Å². The summed E-state index contributed by atoms with van der Waals surface area (Å²) < 4.78 is 12.3. The van der Waals surface area contributed by atoms with Crippen LogP contribution in [0.5, 0.6) is 0 Å². The molecule has 2 amide bonds. The zero-order valence-electron chi connectivity index (χ0n) is 18.3. The summed E-state index contributed by atoms with van der Waals surface area (Å²) in [6, 6.07) is 13.3. The lowest BCUT2D eigenvalue weighted by Crippen LogP contribution is -2.35. The second-order valence-corrected chi connectivity index (χ2v) is 10.0. The minimum Gasteiger partial charge on any atom is -0.467 e. The molecule has 0 aromatic heterocycles. The van der Waals surface area contributed by atoms with Crippen molar-refractivity contribution in [1.82, 2.24) is 9.80 Å². The summed E-state index contributed by atoms with van der Waals surface area (Å²) in [5.41, 5.74) is -0.395. The van der Waals surface area contributed by atoms with Crippen molar-refractivity contribution in [2.45, 2.75) is 38.9 Å². The van der Waals surface area contributed by atoms with Crippen molar-refractivity contribution in [3.63, 3.8) is 0 Å². The number of benzene rings is 2. The first-order valence-corrected chi connectivity index (χ1v) is 11.0. The van der Waals surface area contributed by atoms with E-state index in [1.54, 1.807) is 48.5 Å². The molecule has 2 heterocycles. The van der Waals surface area contributed by atoms with Crippen molar-refractivity contribution < 1.29 is 19.1 Å². The molecule has 2 aromatic rings. The van der Waals surface area contributed by atoms with E-state index in [0.29, 0.717) is 34.3 Å². The maximum Gasteiger partial charge on any atom is 0.260 e. The van der Waals surface area contributed by atoms with Gasteiger partial charge in [0, 0.05) is 21.2 Å². The molecule has 8 heteroatoms. The first-order valence-electron chi connectivity index (χ1n) is 10.2. The summed E-state index contributed by atoms with van der Waals surface area (Å²) >= 11 is 12.0. The Kier molecular flexibility index (Phi) is 5.63. The van der Waals surface area contributed by atoms with Crippen molar-refractivity contribution in [1.29, 1.82) is 0 Å². The third kappa shape index (κ3) is 4.43. The maximum atomic E-state index is 13.4. The topological polar surface area (TPSA) is 59.1 Å². The minimum absolute atomic E-state index is 0.225. The van der Waals surface area contributed by atoms with Crippen molar-refractivity contribution in [3.05, 3.63) is 81.5 Å². The number of ether oxygens (including phenoxy) is 2. The van der Waals surface area contributed by atoms with Crippen LogP contribution in [0.1, 0.15) is 48.4 Å². The molecule has 0 aliphatic carbocycles. The molecule has 2 fully saturated rings. The van der Waals surface area contributed by atoms with E-state index < -0.39 is 11.2 Å².